The van der Waals surface area contributed by atoms with Gasteiger partial charge in [-0.15, -0.1) is 0 Å². The van der Waals surface area contributed by atoms with Crippen LogP contribution in [0.25, 0.3) is 0 Å². The van der Waals surface area contributed by atoms with Crippen LogP contribution >= 0.6 is 15.9 Å². The Kier molecular flexibility index (Phi) is 5.46. The maximum Gasteiger partial charge on any atom is 0.243 e. The number of benzene rings is 1. The second-order valence-electron chi connectivity index (χ2n) is 5.43. The molecule has 8 heteroatoms. The minimum absolute atomic E-state index is 0.168. The lowest BCUT2D eigenvalue weighted by Gasteiger charge is -2.34. The number of rotatable bonds is 4. The van der Waals surface area contributed by atoms with Crippen molar-refractivity contribution in [2.45, 2.75) is 0 Å². The average Bonchev–Trinajstić information content (AvgIpc) is 2.44. The number of carbonyl (C=O) groups excluding carboxylic acids is 1. The predicted octanol–water partition coefficient (Wildman–Crippen LogP) is 0.989. The first-order valence-electron chi connectivity index (χ1n) is 6.97. The fourth-order valence-corrected chi connectivity index (χ4v) is 3.54. The SMILES string of the molecule is CN1CCN(C(=O)CN(c2cccc(Br)c2)S(C)(=O)=O)CC1. The number of anilines is 1. The second-order valence-corrected chi connectivity index (χ2v) is 8.26. The van der Waals surface area contributed by atoms with Gasteiger partial charge in [0.2, 0.25) is 15.9 Å². The molecule has 1 aromatic carbocycles. The third-order valence-electron chi connectivity index (χ3n) is 3.63. The Balaban J connectivity index is 2.16. The maximum absolute atomic E-state index is 12.4. The largest absolute Gasteiger partial charge is 0.339 e. The minimum Gasteiger partial charge on any atom is -0.339 e. The first-order valence-corrected chi connectivity index (χ1v) is 9.61. The van der Waals surface area contributed by atoms with Gasteiger partial charge >= 0.3 is 0 Å². The molecule has 0 unspecified atom stereocenters. The van der Waals surface area contributed by atoms with Crippen molar-refractivity contribution in [3.8, 4) is 0 Å². The van der Waals surface area contributed by atoms with Crippen molar-refractivity contribution in [2.24, 2.45) is 0 Å². The summed E-state index contributed by atoms with van der Waals surface area (Å²) < 4.78 is 26.0. The van der Waals surface area contributed by atoms with Crippen molar-refractivity contribution in [2.75, 3.05) is 50.3 Å². The number of likely N-dealkylation sites (N-methyl/N-ethyl adjacent to an activating group) is 1. The fraction of sp³-hybridized carbons (Fsp3) is 0.500. The topological polar surface area (TPSA) is 60.9 Å². The molecule has 1 fully saturated rings. The van der Waals surface area contributed by atoms with E-state index >= 15 is 0 Å². The van der Waals surface area contributed by atoms with Gasteiger partial charge in [-0.1, -0.05) is 22.0 Å². The van der Waals surface area contributed by atoms with Gasteiger partial charge in [-0.05, 0) is 25.2 Å². The highest BCUT2D eigenvalue weighted by molar-refractivity contribution is 9.10. The van der Waals surface area contributed by atoms with E-state index in [1.165, 1.54) is 0 Å². The zero-order chi connectivity index (χ0) is 16.3. The summed E-state index contributed by atoms with van der Waals surface area (Å²) in [6.07, 6.45) is 1.12. The Morgan fingerprint density at radius 2 is 1.91 bits per heavy atom. The van der Waals surface area contributed by atoms with Gasteiger partial charge < -0.3 is 9.80 Å². The molecule has 1 amide bonds. The number of amides is 1. The monoisotopic (exact) mass is 389 g/mol. The summed E-state index contributed by atoms with van der Waals surface area (Å²) in [5, 5.41) is 0. The van der Waals surface area contributed by atoms with Crippen molar-refractivity contribution in [3.63, 3.8) is 0 Å². The van der Waals surface area contributed by atoms with Crippen LogP contribution in [-0.4, -0.2) is 70.2 Å². The molecule has 1 aromatic rings. The third kappa shape index (κ3) is 4.44. The van der Waals surface area contributed by atoms with Crippen LogP contribution in [0.1, 0.15) is 0 Å². The molecule has 0 atom stereocenters. The molecule has 0 bridgehead atoms. The summed E-state index contributed by atoms with van der Waals surface area (Å²) in [6, 6.07) is 6.94. The molecule has 0 aromatic heterocycles. The van der Waals surface area contributed by atoms with Crippen LogP contribution in [0.15, 0.2) is 28.7 Å². The summed E-state index contributed by atoms with van der Waals surface area (Å²) in [5.41, 5.74) is 0.486. The van der Waals surface area contributed by atoms with Crippen LogP contribution < -0.4 is 4.31 Å². The van der Waals surface area contributed by atoms with Crippen LogP contribution in [0, 0.1) is 0 Å². The smallest absolute Gasteiger partial charge is 0.243 e. The van der Waals surface area contributed by atoms with E-state index in [4.69, 9.17) is 0 Å². The molecular weight excluding hydrogens is 370 g/mol. The first kappa shape index (κ1) is 17.2. The summed E-state index contributed by atoms with van der Waals surface area (Å²) in [7, 11) is -1.52. The molecule has 1 heterocycles. The second kappa shape index (κ2) is 6.97. The van der Waals surface area contributed by atoms with Crippen LogP contribution in [0.3, 0.4) is 0 Å². The van der Waals surface area contributed by atoms with E-state index in [-0.39, 0.29) is 12.5 Å². The molecule has 22 heavy (non-hydrogen) atoms. The number of piperazine rings is 1. The summed E-state index contributed by atoms with van der Waals surface area (Å²) >= 11 is 3.32. The number of hydrogen-bond acceptors (Lipinski definition) is 4. The van der Waals surface area contributed by atoms with Gasteiger partial charge in [0, 0.05) is 30.7 Å². The van der Waals surface area contributed by atoms with Crippen LogP contribution in [-0.2, 0) is 14.8 Å². The lowest BCUT2D eigenvalue weighted by Crippen LogP contribution is -2.50. The van der Waals surface area contributed by atoms with Gasteiger partial charge in [-0.2, -0.15) is 0 Å². The number of nitrogens with zero attached hydrogens (tertiary/aromatic N) is 3. The van der Waals surface area contributed by atoms with E-state index in [0.29, 0.717) is 18.8 Å². The van der Waals surface area contributed by atoms with E-state index in [1.54, 1.807) is 23.1 Å². The van der Waals surface area contributed by atoms with Crippen molar-refractivity contribution in [1.29, 1.82) is 0 Å². The van der Waals surface area contributed by atoms with Gasteiger partial charge in [0.25, 0.3) is 0 Å². The van der Waals surface area contributed by atoms with Gasteiger partial charge in [0.1, 0.15) is 6.54 Å². The minimum atomic E-state index is -3.52. The highest BCUT2D eigenvalue weighted by Crippen LogP contribution is 2.22. The fourth-order valence-electron chi connectivity index (χ4n) is 2.31. The molecule has 1 saturated heterocycles. The van der Waals surface area contributed by atoms with Crippen molar-refractivity contribution < 1.29 is 13.2 Å². The van der Waals surface area contributed by atoms with E-state index in [0.717, 1.165) is 28.1 Å². The molecule has 0 saturated carbocycles. The van der Waals surface area contributed by atoms with Gasteiger partial charge in [0.15, 0.2) is 0 Å². The number of carbonyl (C=O) groups is 1. The average molecular weight is 390 g/mol. The molecule has 6 nitrogen and oxygen atoms in total. The Hall–Kier alpha value is -1.12. The summed E-state index contributed by atoms with van der Waals surface area (Å²) in [6.45, 7) is 2.71. The summed E-state index contributed by atoms with van der Waals surface area (Å²) in [5.74, 6) is -0.168. The van der Waals surface area contributed by atoms with Crippen molar-refractivity contribution >= 4 is 37.5 Å². The molecular formula is C14H20BrN3O3S. The van der Waals surface area contributed by atoms with E-state index in [1.807, 2.05) is 13.1 Å². The van der Waals surface area contributed by atoms with Crippen LogP contribution in [0.5, 0.6) is 0 Å². The van der Waals surface area contributed by atoms with Gasteiger partial charge in [-0.3, -0.25) is 9.10 Å². The quantitative estimate of drug-likeness (QED) is 0.770. The zero-order valence-corrected chi connectivity index (χ0v) is 15.1. The number of sulfonamides is 1. The molecule has 1 aliphatic rings. The van der Waals surface area contributed by atoms with Crippen LogP contribution in [0.2, 0.25) is 0 Å². The molecule has 0 radical (unpaired) electrons. The van der Waals surface area contributed by atoms with E-state index in [9.17, 15) is 13.2 Å². The van der Waals surface area contributed by atoms with Crippen molar-refractivity contribution in [1.82, 2.24) is 9.80 Å². The molecule has 0 spiro atoms. The maximum atomic E-state index is 12.4. The van der Waals surface area contributed by atoms with Gasteiger partial charge in [0.05, 0.1) is 11.9 Å². The lowest BCUT2D eigenvalue weighted by atomic mass is 10.3. The lowest BCUT2D eigenvalue weighted by molar-refractivity contribution is -0.131. The van der Waals surface area contributed by atoms with E-state index < -0.39 is 10.0 Å². The molecule has 122 valence electrons. The Labute approximate surface area is 139 Å². The standard InChI is InChI=1S/C14H20BrN3O3S/c1-16-6-8-17(9-7-16)14(19)11-18(22(2,20)21)13-5-3-4-12(15)10-13/h3-5,10H,6-9,11H2,1-2H3. The highest BCUT2D eigenvalue weighted by atomic mass is 79.9. The first-order chi connectivity index (χ1) is 10.3. The summed E-state index contributed by atoms with van der Waals surface area (Å²) in [4.78, 5) is 16.3. The number of halogens is 1. The van der Waals surface area contributed by atoms with E-state index in [2.05, 4.69) is 20.8 Å². The van der Waals surface area contributed by atoms with Crippen molar-refractivity contribution in [3.05, 3.63) is 28.7 Å². The highest BCUT2D eigenvalue weighted by Gasteiger charge is 2.25. The van der Waals surface area contributed by atoms with Crippen LogP contribution in [0.4, 0.5) is 5.69 Å². The Morgan fingerprint density at radius 1 is 1.27 bits per heavy atom. The third-order valence-corrected chi connectivity index (χ3v) is 5.27. The van der Waals surface area contributed by atoms with Gasteiger partial charge in [-0.25, -0.2) is 8.42 Å². The number of hydrogen-bond donors (Lipinski definition) is 0. The molecule has 2 rings (SSSR count). The predicted molar refractivity (Wildman–Crippen MR) is 90.4 cm³/mol. The molecule has 1 aliphatic heterocycles. The Bertz CT molecular complexity index is 642. The Morgan fingerprint density at radius 3 is 2.45 bits per heavy atom. The molecule has 0 N–H and O–H groups in total. The normalized spacial score (nSPS) is 16.6. The molecule has 0 aliphatic carbocycles. The zero-order valence-electron chi connectivity index (χ0n) is 12.7.